The van der Waals surface area contributed by atoms with E-state index in [1.165, 1.54) is 6.92 Å². The predicted octanol–water partition coefficient (Wildman–Crippen LogP) is 7.71. The summed E-state index contributed by atoms with van der Waals surface area (Å²) in [5.41, 5.74) is 1.04. The number of unbranched alkanes of at least 4 members (excludes halogenated alkanes) is 2. The van der Waals surface area contributed by atoms with Crippen molar-refractivity contribution in [2.45, 2.75) is 150 Å². The van der Waals surface area contributed by atoms with Crippen molar-refractivity contribution in [3.63, 3.8) is 0 Å². The monoisotopic (exact) mass is 1000 g/mol. The summed E-state index contributed by atoms with van der Waals surface area (Å²) in [7, 11) is 1.78. The number of carbonyl (C=O) groups excluding carboxylic acids is 6. The first-order valence-corrected chi connectivity index (χ1v) is 24.3. The molecule has 9 atom stereocenters. The molecule has 2 amide bonds. The van der Waals surface area contributed by atoms with Gasteiger partial charge >= 0.3 is 23.9 Å². The molecule has 0 aromatic carbocycles. The second-order valence-electron chi connectivity index (χ2n) is 18.0. The van der Waals surface area contributed by atoms with Gasteiger partial charge < -0.3 is 44.1 Å². The van der Waals surface area contributed by atoms with Gasteiger partial charge in [0.15, 0.2) is 36.2 Å². The lowest BCUT2D eigenvalue weighted by molar-refractivity contribution is -0.309. The number of Topliss-reactive ketones (excluding diaryl/α,β-unsaturated/α-hetero) is 1. The number of ether oxygens (including phenoxy) is 5. The second-order valence-corrected chi connectivity index (χ2v) is 18.0. The van der Waals surface area contributed by atoms with Crippen molar-refractivity contribution >= 4 is 47.4 Å². The van der Waals surface area contributed by atoms with E-state index in [2.05, 4.69) is 54.9 Å². The van der Waals surface area contributed by atoms with Crippen molar-refractivity contribution in [1.29, 1.82) is 5.41 Å². The molecule has 1 saturated heterocycles. The Kier molecular flexibility index (Phi) is 27.6. The third-order valence-corrected chi connectivity index (χ3v) is 11.3. The highest BCUT2D eigenvalue weighted by Crippen LogP contribution is 2.33. The van der Waals surface area contributed by atoms with E-state index in [-0.39, 0.29) is 47.9 Å². The van der Waals surface area contributed by atoms with Crippen molar-refractivity contribution < 1.29 is 67.5 Å². The van der Waals surface area contributed by atoms with E-state index in [4.69, 9.17) is 29.1 Å². The average molecular weight is 1010 g/mol. The van der Waals surface area contributed by atoms with E-state index in [9.17, 15) is 43.8 Å². The number of hydrogen-bond donors (Lipinski definition) is 5. The maximum atomic E-state index is 12.6. The molecule has 72 heavy (non-hydrogen) atoms. The van der Waals surface area contributed by atoms with Gasteiger partial charge in [-0.2, -0.15) is 0 Å². The molecule has 0 bridgehead atoms. The van der Waals surface area contributed by atoms with Gasteiger partial charge in [-0.1, -0.05) is 106 Å². The first-order chi connectivity index (χ1) is 34.0. The van der Waals surface area contributed by atoms with E-state index in [0.717, 1.165) is 64.9 Å². The van der Waals surface area contributed by atoms with Crippen molar-refractivity contribution in [3.8, 4) is 0 Å². The number of nitrogens with zero attached hydrogens (tertiary/aromatic N) is 1. The van der Waals surface area contributed by atoms with Crippen LogP contribution in [-0.4, -0.2) is 113 Å². The van der Waals surface area contributed by atoms with Crippen molar-refractivity contribution in [2.75, 3.05) is 13.6 Å². The van der Waals surface area contributed by atoms with Crippen LogP contribution in [0.25, 0.3) is 0 Å². The van der Waals surface area contributed by atoms with Crippen molar-refractivity contribution in [2.24, 2.45) is 17.8 Å². The normalized spacial score (nSPS) is 21.7. The number of aliphatic hydroxyl groups is 1. The number of aliphatic hydroxyl groups excluding tert-OH is 1. The minimum Gasteiger partial charge on any atom is -0.510 e. The third kappa shape index (κ3) is 23.1. The second kappa shape index (κ2) is 32.3. The minimum absolute atomic E-state index is 0.0632. The lowest BCUT2D eigenvalue weighted by Crippen LogP contribution is -2.64. The molecule has 0 aromatic rings. The molecule has 18 heteroatoms. The number of amides is 2. The number of ketones is 1. The largest absolute Gasteiger partial charge is 0.510 e. The van der Waals surface area contributed by atoms with Crippen LogP contribution in [0.2, 0.25) is 0 Å². The fourth-order valence-corrected chi connectivity index (χ4v) is 7.65. The van der Waals surface area contributed by atoms with Gasteiger partial charge in [0.2, 0.25) is 12.2 Å². The molecule has 0 saturated carbocycles. The predicted molar refractivity (Wildman–Crippen MR) is 272 cm³/mol. The molecule has 1 fully saturated rings. The summed E-state index contributed by atoms with van der Waals surface area (Å²) >= 11 is 0. The summed E-state index contributed by atoms with van der Waals surface area (Å²) < 4.78 is 28.8. The van der Waals surface area contributed by atoms with Crippen LogP contribution in [0.3, 0.4) is 0 Å². The number of guanidine groups is 1. The van der Waals surface area contributed by atoms with Crippen LogP contribution in [-0.2, 0) is 57.2 Å². The van der Waals surface area contributed by atoms with Crippen LogP contribution in [0.4, 0.5) is 0 Å². The van der Waals surface area contributed by atoms with Crippen LogP contribution in [0.5, 0.6) is 0 Å². The first kappa shape index (κ1) is 61.5. The highest BCUT2D eigenvalue weighted by atomic mass is 16.7. The van der Waals surface area contributed by atoms with Gasteiger partial charge in [0.05, 0.1) is 6.10 Å². The van der Waals surface area contributed by atoms with Gasteiger partial charge in [0, 0.05) is 65.6 Å². The molecule has 1 heterocycles. The van der Waals surface area contributed by atoms with Gasteiger partial charge in [-0.15, -0.1) is 0 Å². The van der Waals surface area contributed by atoms with E-state index in [1.807, 2.05) is 19.9 Å². The Morgan fingerprint density at radius 2 is 1.38 bits per heavy atom. The Morgan fingerprint density at radius 1 is 0.778 bits per heavy atom. The molecular formula is C54H76N4O14. The molecule has 0 spiro atoms. The Balaban J connectivity index is 2.24. The number of carbonyl (C=O) groups is 7. The maximum Gasteiger partial charge on any atom is 0.337 e. The smallest absolute Gasteiger partial charge is 0.337 e. The SMILES string of the molecule is CC(=O)NC(=N)N(C)CCC/C=C/CC(C)/C=C/CCCC(C)/C=C(\C)C(OC1OC(C(=O)O)C(OC(C)=O)C(OC(C)=O)C1OC(C)=O)C(C)/C=C/C=C/C=C/C=C/C=C(\C)C(=O)NC1=C(O)CCC1=O. The Morgan fingerprint density at radius 3 is 1.97 bits per heavy atom. The van der Waals surface area contributed by atoms with Gasteiger partial charge in [0.1, 0.15) is 11.5 Å². The minimum atomic E-state index is -1.86. The van der Waals surface area contributed by atoms with E-state index in [1.54, 1.807) is 67.5 Å². The van der Waals surface area contributed by atoms with Gasteiger partial charge in [-0.05, 0) is 69.8 Å². The standard InChI is InChI=1S/C54H76N4O14/c1-34(25-19-16-17-24-32-58(10)54(55)56-39(6)59)26-20-18-21-27-35(2)33-38(5)46(71-53-50(70-42(9)62)48(69-41(8)61)47(68-40(7)60)49(72-53)52(66)67)36(3)28-22-14-12-11-13-15-23-29-37(4)51(65)57-45-43(63)30-31-44(45)64/h11-16,19-20,22-23,26,28-29,33-36,46-50,53,63H,17-18,21,24-25,27,30-32H2,1-10H3,(H,57,65)(H,66,67)(H2,55,56,59)/b13-11+,14-12+,19-16+,23-15+,26-20+,28-22+,37-29+,38-33+. The number of esters is 3. The number of rotatable bonds is 27. The fourth-order valence-electron chi connectivity index (χ4n) is 7.65. The van der Waals surface area contributed by atoms with Crippen LogP contribution in [0.1, 0.15) is 114 Å². The fraction of sp³-hybridized carbons (Fsp3) is 0.519. The Bertz CT molecular complexity index is 2180. The zero-order valence-corrected chi connectivity index (χ0v) is 43.4. The van der Waals surface area contributed by atoms with Gasteiger partial charge in [-0.3, -0.25) is 39.5 Å². The summed E-state index contributed by atoms with van der Waals surface area (Å²) in [6.07, 6.45) is 23.0. The molecule has 396 valence electrons. The zero-order chi connectivity index (χ0) is 53.9. The maximum absolute atomic E-state index is 12.6. The zero-order valence-electron chi connectivity index (χ0n) is 43.4. The molecule has 18 nitrogen and oxygen atoms in total. The number of hydrogen-bond acceptors (Lipinski definition) is 14. The lowest BCUT2D eigenvalue weighted by Gasteiger charge is -2.44. The van der Waals surface area contributed by atoms with Crippen molar-refractivity contribution in [3.05, 3.63) is 108 Å². The molecule has 0 aromatic heterocycles. The quantitative estimate of drug-likeness (QED) is 0.00772. The number of nitrogens with one attached hydrogen (secondary N) is 3. The summed E-state index contributed by atoms with van der Waals surface area (Å²) in [5, 5.41) is 32.9. The molecule has 1 aliphatic carbocycles. The molecule has 0 radical (unpaired) electrons. The number of allylic oxidation sites excluding steroid dienone is 15. The van der Waals surface area contributed by atoms with Gasteiger partial charge in [-0.25, -0.2) is 4.79 Å². The Hall–Kier alpha value is -6.66. The summed E-state index contributed by atoms with van der Waals surface area (Å²) in [4.78, 5) is 86.7. The lowest BCUT2D eigenvalue weighted by atomic mass is 9.92. The number of carboxylic acids is 1. The van der Waals surface area contributed by atoms with Gasteiger partial charge in [0.25, 0.3) is 5.91 Å². The highest BCUT2D eigenvalue weighted by molar-refractivity contribution is 6.04. The molecular weight excluding hydrogens is 929 g/mol. The summed E-state index contributed by atoms with van der Waals surface area (Å²) in [5.74, 6) is -5.14. The van der Waals surface area contributed by atoms with Crippen LogP contribution < -0.4 is 10.6 Å². The summed E-state index contributed by atoms with van der Waals surface area (Å²) in [6.45, 7) is 14.9. The van der Waals surface area contributed by atoms with Crippen LogP contribution >= 0.6 is 0 Å². The Labute approximate surface area is 424 Å². The van der Waals surface area contributed by atoms with E-state index < -0.39 is 72.5 Å². The first-order valence-electron chi connectivity index (χ1n) is 24.3. The van der Waals surface area contributed by atoms with E-state index in [0.29, 0.717) is 18.0 Å². The topological polar surface area (TPSA) is 257 Å². The molecule has 2 aliphatic rings. The number of aliphatic carboxylic acids is 1. The van der Waals surface area contributed by atoms with E-state index >= 15 is 0 Å². The average Bonchev–Trinajstić information content (AvgIpc) is 3.61. The van der Waals surface area contributed by atoms with Crippen LogP contribution in [0, 0.1) is 23.2 Å². The highest BCUT2D eigenvalue weighted by Gasteiger charge is 2.55. The molecule has 1 aliphatic heterocycles. The third-order valence-electron chi connectivity index (χ3n) is 11.3. The molecule has 5 N–H and O–H groups in total. The molecule has 9 unspecified atom stereocenters. The van der Waals surface area contributed by atoms with Crippen molar-refractivity contribution in [1.82, 2.24) is 15.5 Å². The summed E-state index contributed by atoms with van der Waals surface area (Å²) in [6, 6.07) is 0. The molecule has 2 rings (SSSR count). The number of carboxylic acid groups (broad SMARTS) is 1. The van der Waals surface area contributed by atoms with Crippen LogP contribution in [0.15, 0.2) is 108 Å².